The fourth-order valence-electron chi connectivity index (χ4n) is 2.34. The van der Waals surface area contributed by atoms with Crippen LogP contribution in [0.3, 0.4) is 0 Å². The lowest BCUT2D eigenvalue weighted by Gasteiger charge is -2.21. The molecule has 0 aliphatic heterocycles. The molecule has 0 heterocycles. The van der Waals surface area contributed by atoms with Crippen LogP contribution in [0.5, 0.6) is 0 Å². The number of amides is 1. The molecule has 150 valence electrons. The number of rotatable bonds is 7. The Bertz CT molecular complexity index is 953. The van der Waals surface area contributed by atoms with Gasteiger partial charge in [-0.3, -0.25) is 4.79 Å². The molecule has 1 amide bonds. The second-order valence-electron chi connectivity index (χ2n) is 6.63. The number of anilines is 1. The predicted molar refractivity (Wildman–Crippen MR) is 107 cm³/mol. The third kappa shape index (κ3) is 5.40. The van der Waals surface area contributed by atoms with Gasteiger partial charge in [0.15, 0.2) is 6.61 Å². The van der Waals surface area contributed by atoms with Gasteiger partial charge in [0.2, 0.25) is 10.0 Å². The largest absolute Gasteiger partial charge is 0.452 e. The first kappa shape index (κ1) is 21.6. The molecule has 2 aromatic carbocycles. The number of carbonyl (C=O) groups is 2. The molecule has 0 aliphatic carbocycles. The van der Waals surface area contributed by atoms with Crippen LogP contribution in [-0.4, -0.2) is 44.3 Å². The van der Waals surface area contributed by atoms with Crippen LogP contribution in [0.2, 0.25) is 0 Å². The number of sulfonamides is 1. The molecule has 28 heavy (non-hydrogen) atoms. The number of nitrogens with one attached hydrogen (secondary N) is 1. The van der Waals surface area contributed by atoms with Crippen LogP contribution in [0.1, 0.15) is 29.8 Å². The number of nitrogens with zero attached hydrogens (tertiary/aromatic N) is 1. The van der Waals surface area contributed by atoms with Crippen molar-refractivity contribution in [3.8, 4) is 0 Å². The predicted octanol–water partition coefficient (Wildman–Crippen LogP) is 2.82. The van der Waals surface area contributed by atoms with E-state index in [1.54, 1.807) is 32.0 Å². The SMILES string of the molecule is Cc1cccc(C(=O)OCC(=O)Nc2ccc(S(=O)(=O)N(C)C(C)C)cc2)c1. The average Bonchev–Trinajstić information content (AvgIpc) is 2.65. The van der Waals surface area contributed by atoms with Crippen molar-refractivity contribution in [2.45, 2.75) is 31.7 Å². The zero-order chi connectivity index (χ0) is 20.9. The molecule has 1 N–H and O–H groups in total. The number of esters is 1. The zero-order valence-corrected chi connectivity index (χ0v) is 17.1. The normalized spacial score (nSPS) is 11.5. The Kier molecular flexibility index (Phi) is 6.93. The van der Waals surface area contributed by atoms with E-state index >= 15 is 0 Å². The Hall–Kier alpha value is -2.71. The zero-order valence-electron chi connectivity index (χ0n) is 16.3. The van der Waals surface area contributed by atoms with E-state index in [2.05, 4.69) is 5.32 Å². The molecule has 2 rings (SSSR count). The second-order valence-corrected chi connectivity index (χ2v) is 8.63. The van der Waals surface area contributed by atoms with E-state index in [1.807, 2.05) is 13.0 Å². The van der Waals surface area contributed by atoms with Gasteiger partial charge in [-0.25, -0.2) is 13.2 Å². The van der Waals surface area contributed by atoms with Gasteiger partial charge in [-0.2, -0.15) is 4.31 Å². The minimum Gasteiger partial charge on any atom is -0.452 e. The lowest BCUT2D eigenvalue weighted by molar-refractivity contribution is -0.119. The van der Waals surface area contributed by atoms with E-state index in [4.69, 9.17) is 4.74 Å². The van der Waals surface area contributed by atoms with Gasteiger partial charge in [0.1, 0.15) is 0 Å². The first-order valence-electron chi connectivity index (χ1n) is 8.73. The van der Waals surface area contributed by atoms with Gasteiger partial charge >= 0.3 is 5.97 Å². The number of ether oxygens (including phenoxy) is 1. The molecule has 7 nitrogen and oxygen atoms in total. The maximum absolute atomic E-state index is 12.4. The minimum atomic E-state index is -3.59. The van der Waals surface area contributed by atoms with Gasteiger partial charge in [-0.05, 0) is 57.2 Å². The van der Waals surface area contributed by atoms with Crippen LogP contribution in [0.4, 0.5) is 5.69 Å². The van der Waals surface area contributed by atoms with Crippen LogP contribution in [0.25, 0.3) is 0 Å². The summed E-state index contributed by atoms with van der Waals surface area (Å²) in [5.74, 6) is -1.10. The molecule has 0 spiro atoms. The van der Waals surface area contributed by atoms with E-state index in [0.29, 0.717) is 11.3 Å². The highest BCUT2D eigenvalue weighted by Crippen LogP contribution is 2.19. The number of aryl methyl sites for hydroxylation is 1. The van der Waals surface area contributed by atoms with Crippen LogP contribution in [-0.2, 0) is 19.6 Å². The lowest BCUT2D eigenvalue weighted by atomic mass is 10.1. The Labute approximate surface area is 165 Å². The van der Waals surface area contributed by atoms with E-state index in [1.165, 1.54) is 35.6 Å². The van der Waals surface area contributed by atoms with Crippen molar-refractivity contribution in [3.05, 3.63) is 59.7 Å². The highest BCUT2D eigenvalue weighted by Gasteiger charge is 2.22. The van der Waals surface area contributed by atoms with E-state index < -0.39 is 28.5 Å². The molecule has 2 aromatic rings. The van der Waals surface area contributed by atoms with Crippen molar-refractivity contribution in [3.63, 3.8) is 0 Å². The van der Waals surface area contributed by atoms with Gasteiger partial charge in [0.25, 0.3) is 5.91 Å². The summed E-state index contributed by atoms with van der Waals surface area (Å²) in [6.45, 7) is 4.98. The molecule has 0 fully saturated rings. The first-order chi connectivity index (χ1) is 13.1. The summed E-state index contributed by atoms with van der Waals surface area (Å²) in [5.41, 5.74) is 1.69. The Morgan fingerprint density at radius 3 is 2.32 bits per heavy atom. The summed E-state index contributed by atoms with van der Waals surface area (Å²) < 4.78 is 31.1. The summed E-state index contributed by atoms with van der Waals surface area (Å²) in [6.07, 6.45) is 0. The number of carbonyl (C=O) groups excluding carboxylic acids is 2. The van der Waals surface area contributed by atoms with Gasteiger partial charge in [0, 0.05) is 18.8 Å². The minimum absolute atomic E-state index is 0.132. The van der Waals surface area contributed by atoms with Gasteiger partial charge in [-0.1, -0.05) is 17.7 Å². The Balaban J connectivity index is 1.95. The van der Waals surface area contributed by atoms with Crippen LogP contribution >= 0.6 is 0 Å². The van der Waals surface area contributed by atoms with Gasteiger partial charge in [-0.15, -0.1) is 0 Å². The van der Waals surface area contributed by atoms with Crippen LogP contribution < -0.4 is 5.32 Å². The third-order valence-corrected chi connectivity index (χ3v) is 6.18. The first-order valence-corrected chi connectivity index (χ1v) is 10.2. The molecule has 0 aromatic heterocycles. The summed E-state index contributed by atoms with van der Waals surface area (Å²) in [7, 11) is -2.08. The van der Waals surface area contributed by atoms with Crippen molar-refractivity contribution in [2.24, 2.45) is 0 Å². The number of benzene rings is 2. The molecule has 0 aliphatic rings. The van der Waals surface area contributed by atoms with Gasteiger partial charge < -0.3 is 10.1 Å². The van der Waals surface area contributed by atoms with E-state index in [-0.39, 0.29) is 10.9 Å². The maximum atomic E-state index is 12.4. The molecule has 0 atom stereocenters. The Morgan fingerprint density at radius 1 is 1.11 bits per heavy atom. The van der Waals surface area contributed by atoms with Crippen molar-refractivity contribution < 1.29 is 22.7 Å². The quantitative estimate of drug-likeness (QED) is 0.717. The third-order valence-electron chi connectivity index (χ3n) is 4.13. The number of hydrogen-bond donors (Lipinski definition) is 1. The molecule has 0 unspecified atom stereocenters. The summed E-state index contributed by atoms with van der Waals surface area (Å²) in [4.78, 5) is 24.1. The fourth-order valence-corrected chi connectivity index (χ4v) is 3.71. The summed E-state index contributed by atoms with van der Waals surface area (Å²) in [5, 5.41) is 2.57. The van der Waals surface area contributed by atoms with Crippen molar-refractivity contribution in [2.75, 3.05) is 19.0 Å². The van der Waals surface area contributed by atoms with Crippen molar-refractivity contribution in [1.82, 2.24) is 4.31 Å². The van der Waals surface area contributed by atoms with Crippen molar-refractivity contribution >= 4 is 27.6 Å². The molecule has 0 bridgehead atoms. The smallest absolute Gasteiger partial charge is 0.338 e. The lowest BCUT2D eigenvalue weighted by Crippen LogP contribution is -2.33. The van der Waals surface area contributed by atoms with Crippen LogP contribution in [0.15, 0.2) is 53.4 Å². The standard InChI is InChI=1S/C20H24N2O5S/c1-14(2)22(4)28(25,26)18-10-8-17(9-11-18)21-19(23)13-27-20(24)16-7-5-6-15(3)12-16/h5-12,14H,13H2,1-4H3,(H,21,23). The fraction of sp³-hybridized carbons (Fsp3) is 0.300. The van der Waals surface area contributed by atoms with Gasteiger partial charge in [0.05, 0.1) is 10.5 Å². The highest BCUT2D eigenvalue weighted by molar-refractivity contribution is 7.89. The van der Waals surface area contributed by atoms with Crippen LogP contribution in [0, 0.1) is 6.92 Å². The summed E-state index contributed by atoms with van der Waals surface area (Å²) in [6, 6.07) is 12.5. The van der Waals surface area contributed by atoms with E-state index in [9.17, 15) is 18.0 Å². The molecule has 0 radical (unpaired) electrons. The monoisotopic (exact) mass is 404 g/mol. The van der Waals surface area contributed by atoms with E-state index in [0.717, 1.165) is 5.56 Å². The number of hydrogen-bond acceptors (Lipinski definition) is 5. The van der Waals surface area contributed by atoms with Crippen molar-refractivity contribution in [1.29, 1.82) is 0 Å². The molecule has 8 heteroatoms. The topological polar surface area (TPSA) is 92.8 Å². The maximum Gasteiger partial charge on any atom is 0.338 e. The molecular weight excluding hydrogens is 380 g/mol. The molecule has 0 saturated heterocycles. The molecule has 0 saturated carbocycles. The average molecular weight is 404 g/mol. The second kappa shape index (κ2) is 8.99. The summed E-state index contributed by atoms with van der Waals surface area (Å²) >= 11 is 0. The molecular formula is C20H24N2O5S. The Morgan fingerprint density at radius 2 is 1.75 bits per heavy atom. The highest BCUT2D eigenvalue weighted by atomic mass is 32.2.